The molecule has 2 rings (SSSR count). The van der Waals surface area contributed by atoms with Crippen LogP contribution in [-0.4, -0.2) is 19.9 Å². The van der Waals surface area contributed by atoms with Crippen molar-refractivity contribution in [3.63, 3.8) is 0 Å². The lowest BCUT2D eigenvalue weighted by Gasteiger charge is -1.97. The minimum Gasteiger partial charge on any atom is -0.481 e. The van der Waals surface area contributed by atoms with Crippen molar-refractivity contribution in [2.45, 2.75) is 6.42 Å². The van der Waals surface area contributed by atoms with E-state index < -0.39 is 5.97 Å². The number of benzene rings is 1. The first-order valence-electron chi connectivity index (χ1n) is 4.69. The Balaban J connectivity index is 2.36. The van der Waals surface area contributed by atoms with Gasteiger partial charge in [0.25, 0.3) is 0 Å². The molecule has 0 bridgehead atoms. The Morgan fingerprint density at radius 2 is 2.06 bits per heavy atom. The maximum absolute atomic E-state index is 10.6. The van der Waals surface area contributed by atoms with Gasteiger partial charge in [-0.25, -0.2) is 0 Å². The molecule has 0 aliphatic rings. The van der Waals surface area contributed by atoms with Gasteiger partial charge >= 0.3 is 5.97 Å². The lowest BCUT2D eigenvalue weighted by molar-refractivity contribution is -0.136. The molecule has 0 aliphatic carbocycles. The Hall–Kier alpha value is -1.62. The van der Waals surface area contributed by atoms with Crippen LogP contribution in [0.25, 0.3) is 11.3 Å². The zero-order chi connectivity index (χ0) is 11.5. The molecule has 4 nitrogen and oxygen atoms in total. The van der Waals surface area contributed by atoms with Gasteiger partial charge in [-0.2, -0.15) is 8.81 Å². The topological polar surface area (TPSA) is 55.1 Å². The van der Waals surface area contributed by atoms with Crippen LogP contribution in [0.5, 0.6) is 0 Å². The number of hydrogen-bond donors (Lipinski definition) is 1. The largest absolute Gasteiger partial charge is 0.481 e. The fourth-order valence-corrected chi connectivity index (χ4v) is 1.96. The van der Waals surface area contributed by atoms with Gasteiger partial charge in [-0.05, 0) is 6.07 Å². The smallest absolute Gasteiger partial charge is 0.309 e. The molecule has 1 N–H and O–H groups in total. The van der Waals surface area contributed by atoms with Crippen LogP contribution in [0.2, 0.25) is 0 Å². The zero-order valence-electron chi connectivity index (χ0n) is 8.30. The molecule has 1 aromatic carbocycles. The van der Waals surface area contributed by atoms with Crippen molar-refractivity contribution < 1.29 is 9.90 Å². The Morgan fingerprint density at radius 1 is 1.38 bits per heavy atom. The van der Waals surface area contributed by atoms with E-state index in [-0.39, 0.29) is 6.42 Å². The van der Waals surface area contributed by atoms with Gasteiger partial charge in [0.1, 0.15) is 0 Å². The van der Waals surface area contributed by atoms with E-state index in [0.717, 1.165) is 11.3 Å². The van der Waals surface area contributed by atoms with Crippen molar-refractivity contribution in [3.8, 4) is 11.3 Å². The van der Waals surface area contributed by atoms with Gasteiger partial charge in [0.15, 0.2) is 0 Å². The summed E-state index contributed by atoms with van der Waals surface area (Å²) in [6.45, 7) is 0. The second-order valence-electron chi connectivity index (χ2n) is 3.32. The molecule has 0 atom stereocenters. The lowest BCUT2D eigenvalue weighted by Crippen LogP contribution is -2.00. The summed E-state index contributed by atoms with van der Waals surface area (Å²) in [7, 11) is 0. The average molecular weight is 281 g/mol. The van der Waals surface area contributed by atoms with E-state index in [0.29, 0.717) is 5.69 Å². The van der Waals surface area contributed by atoms with E-state index in [1.54, 1.807) is 6.07 Å². The van der Waals surface area contributed by atoms with Gasteiger partial charge in [-0.15, -0.1) is 0 Å². The second kappa shape index (κ2) is 4.49. The third kappa shape index (κ3) is 2.30. The summed E-state index contributed by atoms with van der Waals surface area (Å²) in [4.78, 5) is 10.6. The van der Waals surface area contributed by atoms with Crippen LogP contribution in [0.15, 0.2) is 36.4 Å². The number of rotatable bonds is 3. The van der Waals surface area contributed by atoms with Crippen LogP contribution in [-0.2, 0) is 11.2 Å². The standard InChI is InChI=1S/C11H9BrN2O2/c12-14-10(8-4-2-1-3-5-8)6-9(13-14)7-11(15)16/h1-6H,7H2,(H,15,16). The van der Waals surface area contributed by atoms with Crippen molar-refractivity contribution >= 4 is 22.1 Å². The molecule has 2 aromatic rings. The second-order valence-corrected chi connectivity index (χ2v) is 3.99. The number of halogens is 1. The molecule has 0 spiro atoms. The first kappa shape index (κ1) is 10.9. The average Bonchev–Trinajstić information content (AvgIpc) is 2.60. The van der Waals surface area contributed by atoms with Crippen molar-refractivity contribution in [2.75, 3.05) is 0 Å². The molecule has 0 saturated carbocycles. The molecule has 0 radical (unpaired) electrons. The number of aliphatic carboxylic acids is 1. The minimum absolute atomic E-state index is 0.0710. The van der Waals surface area contributed by atoms with Gasteiger partial charge in [-0.1, -0.05) is 30.3 Å². The molecular formula is C11H9BrN2O2. The normalized spacial score (nSPS) is 10.3. The quantitative estimate of drug-likeness (QED) is 0.939. The maximum Gasteiger partial charge on any atom is 0.309 e. The Morgan fingerprint density at radius 3 is 2.69 bits per heavy atom. The van der Waals surface area contributed by atoms with Gasteiger partial charge < -0.3 is 5.11 Å². The summed E-state index contributed by atoms with van der Waals surface area (Å²) in [6.07, 6.45) is -0.0710. The van der Waals surface area contributed by atoms with E-state index in [1.165, 1.54) is 3.71 Å². The third-order valence-corrected chi connectivity index (χ3v) is 2.66. The summed E-state index contributed by atoms with van der Waals surface area (Å²) < 4.78 is 1.51. The molecule has 1 aromatic heterocycles. The predicted molar refractivity (Wildman–Crippen MR) is 63.3 cm³/mol. The molecule has 16 heavy (non-hydrogen) atoms. The lowest BCUT2D eigenvalue weighted by atomic mass is 10.1. The number of carbonyl (C=O) groups is 1. The van der Waals surface area contributed by atoms with E-state index in [2.05, 4.69) is 21.2 Å². The van der Waals surface area contributed by atoms with Crippen molar-refractivity contribution in [3.05, 3.63) is 42.1 Å². The number of nitrogens with zero attached hydrogens (tertiary/aromatic N) is 2. The van der Waals surface area contributed by atoms with Gasteiger partial charge in [0.2, 0.25) is 0 Å². The molecule has 0 fully saturated rings. The molecular weight excluding hydrogens is 272 g/mol. The van der Waals surface area contributed by atoms with Crippen LogP contribution in [0.4, 0.5) is 0 Å². The zero-order valence-corrected chi connectivity index (χ0v) is 9.89. The third-order valence-electron chi connectivity index (χ3n) is 2.12. The van der Waals surface area contributed by atoms with Crippen LogP contribution >= 0.6 is 16.1 Å². The maximum atomic E-state index is 10.6. The molecule has 1 heterocycles. The van der Waals surface area contributed by atoms with E-state index >= 15 is 0 Å². The summed E-state index contributed by atoms with van der Waals surface area (Å²) in [5.41, 5.74) is 2.36. The Kier molecular flexibility index (Phi) is 3.05. The number of hydrogen-bond acceptors (Lipinski definition) is 2. The first-order valence-corrected chi connectivity index (χ1v) is 5.40. The number of carboxylic acid groups (broad SMARTS) is 1. The molecule has 5 heteroatoms. The Labute approximate surface area is 101 Å². The monoisotopic (exact) mass is 280 g/mol. The summed E-state index contributed by atoms with van der Waals surface area (Å²) in [5.74, 6) is -0.884. The van der Waals surface area contributed by atoms with Crippen LogP contribution in [0, 0.1) is 0 Å². The summed E-state index contributed by atoms with van der Waals surface area (Å²) in [5, 5.41) is 12.8. The fourth-order valence-electron chi connectivity index (χ4n) is 1.45. The van der Waals surface area contributed by atoms with Crippen LogP contribution < -0.4 is 0 Å². The Bertz CT molecular complexity index is 508. The first-order chi connectivity index (χ1) is 7.66. The molecule has 0 unspecified atom stereocenters. The number of carboxylic acids is 1. The van der Waals surface area contributed by atoms with E-state index in [1.807, 2.05) is 30.3 Å². The van der Waals surface area contributed by atoms with Crippen molar-refractivity contribution in [1.82, 2.24) is 8.81 Å². The van der Waals surface area contributed by atoms with Gasteiger partial charge in [0, 0.05) is 5.56 Å². The van der Waals surface area contributed by atoms with Crippen LogP contribution in [0.1, 0.15) is 5.69 Å². The highest BCUT2D eigenvalue weighted by Crippen LogP contribution is 2.21. The predicted octanol–water partition coefficient (Wildman–Crippen LogP) is 2.34. The highest BCUT2D eigenvalue weighted by atomic mass is 79.9. The van der Waals surface area contributed by atoms with E-state index in [9.17, 15) is 4.79 Å². The molecule has 0 amide bonds. The molecule has 0 saturated heterocycles. The minimum atomic E-state index is -0.884. The number of aromatic nitrogens is 2. The summed E-state index contributed by atoms with van der Waals surface area (Å²) in [6, 6.07) is 11.4. The highest BCUT2D eigenvalue weighted by molar-refractivity contribution is 9.08. The summed E-state index contributed by atoms with van der Waals surface area (Å²) >= 11 is 3.26. The molecule has 0 aliphatic heterocycles. The van der Waals surface area contributed by atoms with Gasteiger partial charge in [-0.3, -0.25) is 4.79 Å². The van der Waals surface area contributed by atoms with Crippen LogP contribution in [0.3, 0.4) is 0 Å². The van der Waals surface area contributed by atoms with E-state index in [4.69, 9.17) is 5.11 Å². The van der Waals surface area contributed by atoms with Gasteiger partial charge in [0.05, 0.1) is 34.0 Å². The van der Waals surface area contributed by atoms with Crippen molar-refractivity contribution in [1.29, 1.82) is 0 Å². The fraction of sp³-hybridized carbons (Fsp3) is 0.0909. The SMILES string of the molecule is O=C(O)Cc1cc(-c2ccccc2)n(Br)n1. The van der Waals surface area contributed by atoms with Crippen molar-refractivity contribution in [2.24, 2.45) is 0 Å². The molecule has 82 valence electrons. The highest BCUT2D eigenvalue weighted by Gasteiger charge is 2.10.